The number of aryl methyl sites for hydroxylation is 2. The molecule has 1 amide bonds. The van der Waals surface area contributed by atoms with Crippen molar-refractivity contribution in [2.75, 3.05) is 5.32 Å². The molecule has 2 rings (SSSR count). The lowest BCUT2D eigenvalue weighted by molar-refractivity contribution is 0.102. The molecule has 2 heterocycles. The van der Waals surface area contributed by atoms with Crippen LogP contribution >= 0.6 is 11.6 Å². The van der Waals surface area contributed by atoms with Crippen molar-refractivity contribution in [1.29, 1.82) is 0 Å². The van der Waals surface area contributed by atoms with Crippen molar-refractivity contribution in [3.63, 3.8) is 0 Å². The molecule has 0 fully saturated rings. The summed E-state index contributed by atoms with van der Waals surface area (Å²) < 4.78 is 1.71. The van der Waals surface area contributed by atoms with Crippen LogP contribution < -0.4 is 5.32 Å². The number of aromatic nitrogens is 3. The van der Waals surface area contributed by atoms with Crippen LogP contribution in [-0.4, -0.2) is 20.4 Å². The van der Waals surface area contributed by atoms with Crippen LogP contribution in [0.5, 0.6) is 0 Å². The summed E-state index contributed by atoms with van der Waals surface area (Å²) in [5, 5.41) is 3.13. The molecular weight excluding hydrogens is 240 g/mol. The minimum Gasteiger partial charge on any atom is -0.340 e. The third kappa shape index (κ3) is 2.62. The Bertz CT molecular complexity index is 564. The Kier molecular flexibility index (Phi) is 3.10. The van der Waals surface area contributed by atoms with Gasteiger partial charge < -0.3 is 9.88 Å². The van der Waals surface area contributed by atoms with E-state index in [0.717, 1.165) is 0 Å². The first-order valence-corrected chi connectivity index (χ1v) is 5.36. The van der Waals surface area contributed by atoms with Gasteiger partial charge in [0, 0.05) is 13.2 Å². The van der Waals surface area contributed by atoms with E-state index in [1.54, 1.807) is 43.2 Å². The molecule has 5 nitrogen and oxygen atoms in total. The molecule has 0 saturated heterocycles. The van der Waals surface area contributed by atoms with E-state index in [1.165, 1.54) is 0 Å². The highest BCUT2D eigenvalue weighted by atomic mass is 35.5. The molecule has 17 heavy (non-hydrogen) atoms. The molecule has 0 saturated carbocycles. The molecule has 0 atom stereocenters. The summed E-state index contributed by atoms with van der Waals surface area (Å²) in [5.41, 5.74) is 1.66. The number of carbonyl (C=O) groups is 1. The van der Waals surface area contributed by atoms with E-state index in [1.807, 2.05) is 0 Å². The first kappa shape index (κ1) is 11.6. The zero-order valence-electron chi connectivity index (χ0n) is 9.44. The highest BCUT2D eigenvalue weighted by molar-refractivity contribution is 6.29. The van der Waals surface area contributed by atoms with Gasteiger partial charge in [-0.15, -0.1) is 0 Å². The zero-order valence-corrected chi connectivity index (χ0v) is 10.2. The molecule has 0 radical (unpaired) electrons. The summed E-state index contributed by atoms with van der Waals surface area (Å²) in [7, 11) is 1.80. The average Bonchev–Trinajstić information content (AvgIpc) is 2.69. The van der Waals surface area contributed by atoms with Gasteiger partial charge in [0.05, 0.1) is 17.7 Å². The van der Waals surface area contributed by atoms with Crippen LogP contribution in [0.25, 0.3) is 0 Å². The molecule has 0 aromatic carbocycles. The highest BCUT2D eigenvalue weighted by Crippen LogP contribution is 2.16. The Morgan fingerprint density at radius 1 is 1.47 bits per heavy atom. The van der Waals surface area contributed by atoms with Crippen molar-refractivity contribution in [2.45, 2.75) is 6.92 Å². The molecule has 88 valence electrons. The third-order valence-corrected chi connectivity index (χ3v) is 2.45. The van der Waals surface area contributed by atoms with Gasteiger partial charge in [-0.25, -0.2) is 9.97 Å². The van der Waals surface area contributed by atoms with Gasteiger partial charge in [-0.1, -0.05) is 11.6 Å². The van der Waals surface area contributed by atoms with Crippen LogP contribution in [0.4, 0.5) is 5.69 Å². The number of nitrogens with zero attached hydrogens (tertiary/aromatic N) is 3. The maximum atomic E-state index is 11.8. The lowest BCUT2D eigenvalue weighted by Crippen LogP contribution is -2.13. The minimum absolute atomic E-state index is 0.266. The normalized spacial score (nSPS) is 10.3. The summed E-state index contributed by atoms with van der Waals surface area (Å²) in [5.74, 6) is -0.266. The summed E-state index contributed by atoms with van der Waals surface area (Å²) >= 11 is 5.73. The van der Waals surface area contributed by atoms with Gasteiger partial charge in [-0.2, -0.15) is 0 Å². The van der Waals surface area contributed by atoms with Crippen LogP contribution in [-0.2, 0) is 7.05 Å². The monoisotopic (exact) mass is 250 g/mol. The predicted octanol–water partition coefficient (Wildman–Crippen LogP) is 2.03. The van der Waals surface area contributed by atoms with Gasteiger partial charge in [0.2, 0.25) is 0 Å². The second-order valence-electron chi connectivity index (χ2n) is 3.65. The van der Waals surface area contributed by atoms with E-state index < -0.39 is 0 Å². The fourth-order valence-corrected chi connectivity index (χ4v) is 1.57. The summed E-state index contributed by atoms with van der Waals surface area (Å²) in [6.45, 7) is 1.78. The van der Waals surface area contributed by atoms with E-state index in [0.29, 0.717) is 22.2 Å². The molecule has 0 spiro atoms. The predicted molar refractivity (Wildman–Crippen MR) is 65.1 cm³/mol. The van der Waals surface area contributed by atoms with Crippen molar-refractivity contribution in [1.82, 2.24) is 14.5 Å². The molecule has 0 aliphatic carbocycles. The maximum Gasteiger partial charge on any atom is 0.275 e. The molecule has 6 heteroatoms. The average molecular weight is 251 g/mol. The Labute approximate surface area is 103 Å². The van der Waals surface area contributed by atoms with Gasteiger partial charge in [0.25, 0.3) is 5.91 Å². The smallest absolute Gasteiger partial charge is 0.275 e. The van der Waals surface area contributed by atoms with E-state index in [2.05, 4.69) is 15.3 Å². The Morgan fingerprint density at radius 2 is 2.24 bits per heavy atom. The summed E-state index contributed by atoms with van der Waals surface area (Å²) in [4.78, 5) is 19.8. The van der Waals surface area contributed by atoms with Gasteiger partial charge in [0.15, 0.2) is 0 Å². The van der Waals surface area contributed by atoms with Crippen LogP contribution in [0.15, 0.2) is 24.7 Å². The Hall–Kier alpha value is -1.88. The fourth-order valence-electron chi connectivity index (χ4n) is 1.38. The first-order valence-electron chi connectivity index (χ1n) is 4.99. The number of nitrogens with one attached hydrogen (secondary N) is 1. The van der Waals surface area contributed by atoms with Crippen LogP contribution in [0.3, 0.4) is 0 Å². The first-order chi connectivity index (χ1) is 8.06. The molecule has 0 aliphatic heterocycles. The van der Waals surface area contributed by atoms with Crippen molar-refractivity contribution in [3.8, 4) is 0 Å². The third-order valence-electron chi connectivity index (χ3n) is 2.24. The van der Waals surface area contributed by atoms with Crippen molar-refractivity contribution in [2.24, 2.45) is 7.05 Å². The second-order valence-corrected chi connectivity index (χ2v) is 4.03. The Balaban J connectivity index is 2.18. The standard InChI is InChI=1S/C11H11ClN4O/c1-7-8(3-4-10(12)14-7)15-11(17)9-5-16(2)6-13-9/h3-6H,1-2H3,(H,15,17). The second kappa shape index (κ2) is 4.55. The SMILES string of the molecule is Cc1nc(Cl)ccc1NC(=O)c1cn(C)cn1. The number of hydrogen-bond donors (Lipinski definition) is 1. The molecule has 2 aromatic rings. The van der Waals surface area contributed by atoms with E-state index in [4.69, 9.17) is 11.6 Å². The summed E-state index contributed by atoms with van der Waals surface area (Å²) in [6.07, 6.45) is 3.22. The summed E-state index contributed by atoms with van der Waals surface area (Å²) in [6, 6.07) is 3.34. The van der Waals surface area contributed by atoms with E-state index in [-0.39, 0.29) is 5.91 Å². The van der Waals surface area contributed by atoms with Crippen molar-refractivity contribution < 1.29 is 4.79 Å². The molecule has 0 aliphatic rings. The van der Waals surface area contributed by atoms with Crippen LogP contribution in [0.1, 0.15) is 16.2 Å². The number of hydrogen-bond acceptors (Lipinski definition) is 3. The van der Waals surface area contributed by atoms with Gasteiger partial charge in [-0.3, -0.25) is 4.79 Å². The maximum absolute atomic E-state index is 11.8. The van der Waals surface area contributed by atoms with E-state index in [9.17, 15) is 4.79 Å². The Morgan fingerprint density at radius 3 is 2.82 bits per heavy atom. The largest absolute Gasteiger partial charge is 0.340 e. The van der Waals surface area contributed by atoms with Crippen molar-refractivity contribution >= 4 is 23.2 Å². The molecule has 0 bridgehead atoms. The lowest BCUT2D eigenvalue weighted by atomic mass is 10.3. The number of halogens is 1. The molecule has 2 aromatic heterocycles. The number of carbonyl (C=O) groups excluding carboxylic acids is 1. The van der Waals surface area contributed by atoms with E-state index >= 15 is 0 Å². The van der Waals surface area contributed by atoms with Crippen LogP contribution in [0, 0.1) is 6.92 Å². The number of anilines is 1. The van der Waals surface area contributed by atoms with Crippen LogP contribution in [0.2, 0.25) is 5.15 Å². The number of imidazole rings is 1. The zero-order chi connectivity index (χ0) is 12.4. The molecule has 0 unspecified atom stereocenters. The van der Waals surface area contributed by atoms with Crippen molar-refractivity contribution in [3.05, 3.63) is 41.2 Å². The number of pyridine rings is 1. The molecule has 1 N–H and O–H groups in total. The lowest BCUT2D eigenvalue weighted by Gasteiger charge is -2.06. The minimum atomic E-state index is -0.266. The quantitative estimate of drug-likeness (QED) is 0.830. The highest BCUT2D eigenvalue weighted by Gasteiger charge is 2.10. The van der Waals surface area contributed by atoms with Gasteiger partial charge in [0.1, 0.15) is 10.8 Å². The number of rotatable bonds is 2. The topological polar surface area (TPSA) is 59.8 Å². The molecular formula is C11H11ClN4O. The van der Waals surface area contributed by atoms with Gasteiger partial charge >= 0.3 is 0 Å². The fraction of sp³-hybridized carbons (Fsp3) is 0.182. The van der Waals surface area contributed by atoms with Gasteiger partial charge in [-0.05, 0) is 19.1 Å². The number of amides is 1.